The van der Waals surface area contributed by atoms with Crippen LogP contribution in [0.3, 0.4) is 0 Å². The Morgan fingerprint density at radius 2 is 1.50 bits per heavy atom. The average molecular weight is 429 g/mol. The molecular formula is C26H25FN4O. The van der Waals surface area contributed by atoms with Gasteiger partial charge in [0.2, 0.25) is 11.9 Å². The van der Waals surface area contributed by atoms with Crippen molar-refractivity contribution in [1.29, 1.82) is 0 Å². The molecule has 5 nitrogen and oxygen atoms in total. The van der Waals surface area contributed by atoms with E-state index in [-0.39, 0.29) is 11.7 Å². The quantitative estimate of drug-likeness (QED) is 0.480. The number of imidazole rings is 1. The summed E-state index contributed by atoms with van der Waals surface area (Å²) in [5, 5.41) is 0. The molecule has 0 unspecified atom stereocenters. The largest absolute Gasteiger partial charge is 0.339 e. The highest BCUT2D eigenvalue weighted by molar-refractivity contribution is 5.80. The number of rotatable bonds is 5. The molecule has 0 spiro atoms. The van der Waals surface area contributed by atoms with E-state index in [2.05, 4.69) is 39.8 Å². The summed E-state index contributed by atoms with van der Waals surface area (Å²) in [6, 6.07) is 24.8. The van der Waals surface area contributed by atoms with Crippen molar-refractivity contribution in [2.45, 2.75) is 13.0 Å². The van der Waals surface area contributed by atoms with Crippen molar-refractivity contribution in [3.63, 3.8) is 0 Å². The van der Waals surface area contributed by atoms with Gasteiger partial charge < -0.3 is 14.4 Å². The maximum atomic E-state index is 13.1. The van der Waals surface area contributed by atoms with Crippen molar-refractivity contribution in [3.05, 3.63) is 95.8 Å². The van der Waals surface area contributed by atoms with Gasteiger partial charge in [-0.15, -0.1) is 0 Å². The predicted octanol–water partition coefficient (Wildman–Crippen LogP) is 4.12. The normalized spacial score (nSPS) is 14.2. The number of aromatic nitrogens is 2. The van der Waals surface area contributed by atoms with Crippen LogP contribution in [-0.4, -0.2) is 46.5 Å². The summed E-state index contributed by atoms with van der Waals surface area (Å²) in [6.45, 7) is 3.50. The first-order chi connectivity index (χ1) is 15.7. The number of nitrogens with zero attached hydrogens (tertiary/aromatic N) is 4. The zero-order valence-electron chi connectivity index (χ0n) is 17.8. The highest BCUT2D eigenvalue weighted by atomic mass is 19.1. The summed E-state index contributed by atoms with van der Waals surface area (Å²) < 4.78 is 15.4. The molecule has 1 aromatic heterocycles. The molecule has 1 aliphatic rings. The molecule has 1 amide bonds. The molecule has 0 aliphatic carbocycles. The molecular weight excluding hydrogens is 403 g/mol. The van der Waals surface area contributed by atoms with Crippen LogP contribution < -0.4 is 4.90 Å². The lowest BCUT2D eigenvalue weighted by atomic mass is 10.1. The number of piperazine rings is 1. The Bertz CT molecular complexity index is 1210. The van der Waals surface area contributed by atoms with E-state index in [9.17, 15) is 9.18 Å². The number of amides is 1. The van der Waals surface area contributed by atoms with E-state index in [0.29, 0.717) is 19.5 Å². The molecule has 0 atom stereocenters. The van der Waals surface area contributed by atoms with Gasteiger partial charge in [-0.05, 0) is 35.4 Å². The zero-order valence-corrected chi connectivity index (χ0v) is 17.8. The highest BCUT2D eigenvalue weighted by Crippen LogP contribution is 2.25. The zero-order chi connectivity index (χ0) is 21.9. The summed E-state index contributed by atoms with van der Waals surface area (Å²) in [6.07, 6.45) is 0.298. The molecule has 6 heteroatoms. The number of fused-ring (bicyclic) bond motifs is 1. The Hall–Kier alpha value is -3.67. The molecule has 1 fully saturated rings. The maximum Gasteiger partial charge on any atom is 0.227 e. The molecule has 1 aliphatic heterocycles. The molecule has 0 radical (unpaired) electrons. The molecule has 4 aromatic rings. The smallest absolute Gasteiger partial charge is 0.227 e. The Labute approximate surface area is 186 Å². The number of carbonyl (C=O) groups excluding carboxylic acids is 1. The van der Waals surface area contributed by atoms with Gasteiger partial charge in [0.25, 0.3) is 0 Å². The van der Waals surface area contributed by atoms with Gasteiger partial charge >= 0.3 is 0 Å². The van der Waals surface area contributed by atoms with E-state index >= 15 is 0 Å². The molecule has 2 heterocycles. The fourth-order valence-corrected chi connectivity index (χ4v) is 4.27. The summed E-state index contributed by atoms with van der Waals surface area (Å²) in [7, 11) is 0. The van der Waals surface area contributed by atoms with E-state index in [0.717, 1.165) is 42.2 Å². The lowest BCUT2D eigenvalue weighted by molar-refractivity contribution is -0.130. The van der Waals surface area contributed by atoms with Crippen LogP contribution in [0, 0.1) is 5.82 Å². The lowest BCUT2D eigenvalue weighted by Crippen LogP contribution is -2.50. The van der Waals surface area contributed by atoms with Gasteiger partial charge in [0.15, 0.2) is 0 Å². The molecule has 32 heavy (non-hydrogen) atoms. The Morgan fingerprint density at radius 3 is 2.25 bits per heavy atom. The first-order valence-electron chi connectivity index (χ1n) is 10.9. The van der Waals surface area contributed by atoms with Gasteiger partial charge in [-0.3, -0.25) is 4.79 Å². The molecule has 0 N–H and O–H groups in total. The Kier molecular flexibility index (Phi) is 5.58. The number of para-hydroxylation sites is 2. The van der Waals surface area contributed by atoms with Crippen molar-refractivity contribution in [3.8, 4) is 0 Å². The molecule has 1 saturated heterocycles. The van der Waals surface area contributed by atoms with Crippen LogP contribution >= 0.6 is 0 Å². The van der Waals surface area contributed by atoms with Gasteiger partial charge in [0.05, 0.1) is 24.0 Å². The topological polar surface area (TPSA) is 41.4 Å². The monoisotopic (exact) mass is 428 g/mol. The number of benzene rings is 3. The summed E-state index contributed by atoms with van der Waals surface area (Å²) in [4.78, 5) is 21.8. The third-order valence-electron chi connectivity index (χ3n) is 6.00. The number of hydrogen-bond acceptors (Lipinski definition) is 3. The van der Waals surface area contributed by atoms with Gasteiger partial charge in [-0.1, -0.05) is 54.6 Å². The van der Waals surface area contributed by atoms with E-state index < -0.39 is 0 Å². The van der Waals surface area contributed by atoms with Crippen molar-refractivity contribution in [2.24, 2.45) is 0 Å². The minimum atomic E-state index is -0.284. The van der Waals surface area contributed by atoms with Crippen LogP contribution in [0.5, 0.6) is 0 Å². The minimum absolute atomic E-state index is 0.0778. The summed E-state index contributed by atoms with van der Waals surface area (Å²) in [5.74, 6) is 0.739. The first-order valence-corrected chi connectivity index (χ1v) is 10.9. The second-order valence-electron chi connectivity index (χ2n) is 8.14. The summed E-state index contributed by atoms with van der Waals surface area (Å²) >= 11 is 0. The van der Waals surface area contributed by atoms with Crippen LogP contribution in [0.2, 0.25) is 0 Å². The predicted molar refractivity (Wildman–Crippen MR) is 124 cm³/mol. The van der Waals surface area contributed by atoms with Gasteiger partial charge in [0, 0.05) is 26.2 Å². The Morgan fingerprint density at radius 1 is 0.812 bits per heavy atom. The third-order valence-corrected chi connectivity index (χ3v) is 6.00. The standard InChI is InChI=1S/C26H25FN4O/c27-22-12-10-20(11-13-22)18-25(32)29-14-16-30(17-15-29)26-28-23-8-4-5-9-24(23)31(26)19-21-6-2-1-3-7-21/h1-13H,14-19H2. The molecule has 5 rings (SSSR count). The number of anilines is 1. The van der Waals surface area contributed by atoms with Gasteiger partial charge in [0.1, 0.15) is 5.82 Å². The van der Waals surface area contributed by atoms with E-state index in [4.69, 9.17) is 4.98 Å². The molecule has 0 saturated carbocycles. The number of halogens is 1. The van der Waals surface area contributed by atoms with Crippen LogP contribution in [-0.2, 0) is 17.8 Å². The van der Waals surface area contributed by atoms with Crippen LogP contribution in [0.25, 0.3) is 11.0 Å². The van der Waals surface area contributed by atoms with Crippen molar-refractivity contribution in [2.75, 3.05) is 31.1 Å². The van der Waals surface area contributed by atoms with Gasteiger partial charge in [-0.2, -0.15) is 0 Å². The average Bonchev–Trinajstić information content (AvgIpc) is 3.20. The molecule has 162 valence electrons. The highest BCUT2D eigenvalue weighted by Gasteiger charge is 2.25. The molecule has 3 aromatic carbocycles. The Balaban J connectivity index is 1.32. The number of carbonyl (C=O) groups is 1. The second-order valence-corrected chi connectivity index (χ2v) is 8.14. The fraction of sp³-hybridized carbons (Fsp3) is 0.231. The van der Waals surface area contributed by atoms with Crippen LogP contribution in [0.15, 0.2) is 78.9 Å². The van der Waals surface area contributed by atoms with Crippen molar-refractivity contribution in [1.82, 2.24) is 14.5 Å². The van der Waals surface area contributed by atoms with E-state index in [1.54, 1.807) is 12.1 Å². The van der Waals surface area contributed by atoms with Crippen LogP contribution in [0.1, 0.15) is 11.1 Å². The number of hydrogen-bond donors (Lipinski definition) is 0. The molecule has 0 bridgehead atoms. The second kappa shape index (κ2) is 8.83. The summed E-state index contributed by atoms with van der Waals surface area (Å²) in [5.41, 5.74) is 4.16. The first kappa shape index (κ1) is 20.2. The lowest BCUT2D eigenvalue weighted by Gasteiger charge is -2.35. The van der Waals surface area contributed by atoms with Crippen molar-refractivity contribution < 1.29 is 9.18 Å². The fourth-order valence-electron chi connectivity index (χ4n) is 4.27. The van der Waals surface area contributed by atoms with E-state index in [1.165, 1.54) is 17.7 Å². The van der Waals surface area contributed by atoms with Gasteiger partial charge in [-0.25, -0.2) is 9.37 Å². The SMILES string of the molecule is O=C(Cc1ccc(F)cc1)N1CCN(c2nc3ccccc3n2Cc2ccccc2)CC1. The third kappa shape index (κ3) is 4.21. The van der Waals surface area contributed by atoms with E-state index in [1.807, 2.05) is 29.2 Å². The maximum absolute atomic E-state index is 13.1. The minimum Gasteiger partial charge on any atom is -0.339 e. The van der Waals surface area contributed by atoms with Crippen LogP contribution in [0.4, 0.5) is 10.3 Å². The van der Waals surface area contributed by atoms with Crippen molar-refractivity contribution >= 4 is 22.9 Å².